The Labute approximate surface area is 148 Å². The minimum Gasteiger partial charge on any atom is -0.384 e. The van der Waals surface area contributed by atoms with Gasteiger partial charge in [0.2, 0.25) is 10.4 Å². The van der Waals surface area contributed by atoms with Gasteiger partial charge in [0.05, 0.1) is 6.61 Å². The predicted molar refractivity (Wildman–Crippen MR) is 86.0 cm³/mol. The molecule has 0 amide bonds. The second kappa shape index (κ2) is 5.81. The van der Waals surface area contributed by atoms with Crippen molar-refractivity contribution in [2.45, 2.75) is 24.6 Å². The van der Waals surface area contributed by atoms with Crippen molar-refractivity contribution in [3.63, 3.8) is 0 Å². The van der Waals surface area contributed by atoms with E-state index in [0.29, 0.717) is 11.2 Å². The number of ether oxygens (including phenoxy) is 1. The largest absolute Gasteiger partial charge is 0.384 e. The van der Waals surface area contributed by atoms with Gasteiger partial charge in [0, 0.05) is 0 Å². The zero-order valence-electron chi connectivity index (χ0n) is 11.7. The van der Waals surface area contributed by atoms with Crippen LogP contribution in [-0.4, -0.2) is 60.9 Å². The lowest BCUT2D eigenvalue weighted by Crippen LogP contribution is -2.41. The molecule has 0 saturated carbocycles. The lowest BCUT2D eigenvalue weighted by molar-refractivity contribution is -0.169. The number of nitrogen functional groups attached to an aromatic ring is 1. The Hall–Kier alpha value is -0.920. The zero-order chi connectivity index (χ0) is 17.1. The summed E-state index contributed by atoms with van der Waals surface area (Å²) in [4.78, 5) is 27.4. The molecule has 14 heteroatoms. The van der Waals surface area contributed by atoms with E-state index in [9.17, 15) is 10.00 Å². The van der Waals surface area contributed by atoms with E-state index in [4.69, 9.17) is 36.2 Å². The van der Waals surface area contributed by atoms with Crippen LogP contribution in [-0.2, 0) is 25.6 Å². The zero-order valence-corrected chi connectivity index (χ0v) is 15.0. The Balaban J connectivity index is 1.62. The summed E-state index contributed by atoms with van der Waals surface area (Å²) >= 11 is 8.01. The highest BCUT2D eigenvalue weighted by Gasteiger charge is 2.52. The van der Waals surface area contributed by atoms with Crippen LogP contribution in [0.15, 0.2) is 11.1 Å². The predicted octanol–water partition coefficient (Wildman–Crippen LogP) is -0.682. The van der Waals surface area contributed by atoms with E-state index in [1.165, 1.54) is 11.1 Å². The molecular formula is C10H11BrN5O6PS. The van der Waals surface area contributed by atoms with Crippen LogP contribution in [0.4, 0.5) is 5.82 Å². The molecule has 4 N–H and O–H groups in total. The van der Waals surface area contributed by atoms with Crippen LogP contribution in [0.25, 0.3) is 11.2 Å². The lowest BCUT2D eigenvalue weighted by atomic mass is 10.1. The standard InChI is InChI=1S/C10H11BrN5O6PS/c11-10-15-4-7(12)13-2-14-8(4)16(10)21-9-5(17)6-3(20-9)1-19-23(18,24)22-6/h2-3,5-6,9,17H,1H2,(H,18,24)(H2,12,13,14)/t3-,5-,6-,9+,23?/m1/s1. The third-order valence-electron chi connectivity index (χ3n) is 3.55. The summed E-state index contributed by atoms with van der Waals surface area (Å²) in [6.07, 6.45) is -2.52. The van der Waals surface area contributed by atoms with E-state index in [-0.39, 0.29) is 17.2 Å². The summed E-state index contributed by atoms with van der Waals surface area (Å²) in [5, 5.41) is 10.4. The van der Waals surface area contributed by atoms with Gasteiger partial charge < -0.3 is 29.8 Å². The van der Waals surface area contributed by atoms with E-state index in [2.05, 4.69) is 30.9 Å². The van der Waals surface area contributed by atoms with E-state index in [1.807, 2.05) is 0 Å². The summed E-state index contributed by atoms with van der Waals surface area (Å²) < 4.78 is 17.3. The van der Waals surface area contributed by atoms with Gasteiger partial charge in [-0.3, -0.25) is 4.52 Å². The molecule has 0 radical (unpaired) electrons. The fraction of sp³-hybridized carbons (Fsp3) is 0.500. The maximum Gasteiger partial charge on any atom is 0.325 e. The summed E-state index contributed by atoms with van der Waals surface area (Å²) in [6.45, 7) is -3.38. The SMILES string of the molecule is Nc1ncnc2c1nc(Br)n2O[C@@H]1O[C@@H]2COP(O)(=S)O[C@H]2[C@H]1O. The molecule has 0 aliphatic carbocycles. The number of imidazole rings is 1. The maximum atomic E-state index is 10.4. The van der Waals surface area contributed by atoms with Crippen LogP contribution in [0.2, 0.25) is 0 Å². The average Bonchev–Trinajstić information content (AvgIpc) is 2.99. The van der Waals surface area contributed by atoms with Gasteiger partial charge in [-0.25, -0.2) is 15.0 Å². The summed E-state index contributed by atoms with van der Waals surface area (Å²) in [7, 11) is 0. The number of hydrogen-bond acceptors (Lipinski definition) is 10. The first-order chi connectivity index (χ1) is 11.4. The molecule has 2 aromatic rings. The maximum absolute atomic E-state index is 10.4. The fourth-order valence-corrected chi connectivity index (χ4v) is 4.34. The summed E-state index contributed by atoms with van der Waals surface area (Å²) in [5.74, 6) is 0.183. The van der Waals surface area contributed by atoms with Crippen LogP contribution in [0.3, 0.4) is 0 Å². The van der Waals surface area contributed by atoms with Crippen LogP contribution in [0.1, 0.15) is 0 Å². The number of halogens is 1. The van der Waals surface area contributed by atoms with E-state index >= 15 is 0 Å². The molecule has 0 bridgehead atoms. The molecule has 1 unspecified atom stereocenters. The number of rotatable bonds is 2. The lowest BCUT2D eigenvalue weighted by Gasteiger charge is -2.30. The van der Waals surface area contributed by atoms with Gasteiger partial charge in [0.25, 0.3) is 6.29 Å². The smallest absolute Gasteiger partial charge is 0.325 e. The Morgan fingerprint density at radius 3 is 3.08 bits per heavy atom. The number of aliphatic hydroxyl groups is 1. The van der Waals surface area contributed by atoms with Crippen LogP contribution < -0.4 is 10.6 Å². The normalized spacial score (nSPS) is 36.0. The number of anilines is 1. The molecule has 2 aromatic heterocycles. The van der Waals surface area contributed by atoms with Crippen molar-refractivity contribution < 1.29 is 28.6 Å². The molecule has 130 valence electrons. The Kier molecular flexibility index (Phi) is 4.01. The van der Waals surface area contributed by atoms with E-state index in [1.54, 1.807) is 0 Å². The van der Waals surface area contributed by atoms with Gasteiger partial charge in [-0.2, -0.15) is 0 Å². The van der Waals surface area contributed by atoms with E-state index in [0.717, 1.165) is 0 Å². The first-order valence-electron chi connectivity index (χ1n) is 6.66. The number of nitrogens with two attached hydrogens (primary N) is 1. The van der Waals surface area contributed by atoms with E-state index < -0.39 is 31.3 Å². The fourth-order valence-electron chi connectivity index (χ4n) is 2.47. The first-order valence-corrected chi connectivity index (χ1v) is 10.0. The molecule has 4 rings (SSSR count). The molecule has 24 heavy (non-hydrogen) atoms. The van der Waals surface area contributed by atoms with Gasteiger partial charge in [0.15, 0.2) is 11.3 Å². The highest BCUT2D eigenvalue weighted by molar-refractivity contribution is 9.10. The minimum absolute atomic E-state index is 0.00364. The molecule has 5 atom stereocenters. The molecule has 2 aliphatic rings. The van der Waals surface area contributed by atoms with Gasteiger partial charge in [-0.05, 0) is 27.7 Å². The number of fused-ring (bicyclic) bond motifs is 2. The van der Waals surface area contributed by atoms with Gasteiger partial charge in [0.1, 0.15) is 24.6 Å². The van der Waals surface area contributed by atoms with Crippen molar-refractivity contribution in [3.8, 4) is 0 Å². The van der Waals surface area contributed by atoms with Crippen LogP contribution in [0, 0.1) is 0 Å². The number of aromatic nitrogens is 4. The highest BCUT2D eigenvalue weighted by Crippen LogP contribution is 2.51. The topological polar surface area (TPSA) is 147 Å². The van der Waals surface area contributed by atoms with Crippen LogP contribution in [0.5, 0.6) is 0 Å². The average molecular weight is 440 g/mol. The van der Waals surface area contributed by atoms with Crippen molar-refractivity contribution in [2.75, 3.05) is 12.3 Å². The molecule has 2 saturated heterocycles. The second-order valence-electron chi connectivity index (χ2n) is 5.08. The molecule has 0 aromatic carbocycles. The Morgan fingerprint density at radius 2 is 2.29 bits per heavy atom. The summed E-state index contributed by atoms with van der Waals surface area (Å²) in [5.41, 5.74) is 6.37. The number of aliphatic hydroxyl groups excluding tert-OH is 1. The minimum atomic E-state index is -3.37. The molecule has 2 fully saturated rings. The first kappa shape index (κ1) is 16.5. The molecule has 0 spiro atoms. The third kappa shape index (κ3) is 2.70. The molecule has 2 aliphatic heterocycles. The summed E-state index contributed by atoms with van der Waals surface area (Å²) in [6, 6.07) is 0. The number of hydrogen-bond donors (Lipinski definition) is 3. The number of nitrogens with zero attached hydrogens (tertiary/aromatic N) is 4. The van der Waals surface area contributed by atoms with Crippen molar-refractivity contribution in [1.29, 1.82) is 0 Å². The van der Waals surface area contributed by atoms with Gasteiger partial charge in [-0.15, -0.1) is 4.73 Å². The van der Waals surface area contributed by atoms with Gasteiger partial charge >= 0.3 is 6.72 Å². The Bertz CT molecular complexity index is 852. The van der Waals surface area contributed by atoms with Crippen molar-refractivity contribution in [2.24, 2.45) is 0 Å². The van der Waals surface area contributed by atoms with Crippen LogP contribution >= 0.6 is 22.6 Å². The second-order valence-corrected chi connectivity index (χ2v) is 8.58. The van der Waals surface area contributed by atoms with Crippen molar-refractivity contribution >= 4 is 51.4 Å². The molecular weight excluding hydrogens is 429 g/mol. The van der Waals surface area contributed by atoms with Crippen molar-refractivity contribution in [1.82, 2.24) is 19.7 Å². The van der Waals surface area contributed by atoms with Gasteiger partial charge in [-0.1, -0.05) is 0 Å². The molecule has 11 nitrogen and oxygen atoms in total. The third-order valence-corrected chi connectivity index (χ3v) is 5.61. The quantitative estimate of drug-likeness (QED) is 0.403. The highest BCUT2D eigenvalue weighted by atomic mass is 79.9. The monoisotopic (exact) mass is 439 g/mol. The molecule has 4 heterocycles. The van der Waals surface area contributed by atoms with Crippen molar-refractivity contribution in [3.05, 3.63) is 11.1 Å². The Morgan fingerprint density at radius 1 is 1.50 bits per heavy atom.